The summed E-state index contributed by atoms with van der Waals surface area (Å²) in [4.78, 5) is 21.5. The van der Waals surface area contributed by atoms with E-state index in [-0.39, 0.29) is 0 Å². The SMILES string of the molecule is CC(C)N(CCNc1nc(Nc2ccc3ncccc3c2)nc2c1ncn2C1CCCCC1)C(C)C. The number of anilines is 3. The van der Waals surface area contributed by atoms with Crippen molar-refractivity contribution in [2.75, 3.05) is 23.7 Å². The van der Waals surface area contributed by atoms with E-state index in [9.17, 15) is 0 Å². The van der Waals surface area contributed by atoms with Crippen molar-refractivity contribution in [2.24, 2.45) is 0 Å². The Labute approximate surface area is 213 Å². The molecule has 0 bridgehead atoms. The molecule has 3 aromatic heterocycles. The monoisotopic (exact) mass is 486 g/mol. The highest BCUT2D eigenvalue weighted by Gasteiger charge is 2.21. The zero-order valence-corrected chi connectivity index (χ0v) is 21.9. The van der Waals surface area contributed by atoms with Gasteiger partial charge in [-0.3, -0.25) is 9.88 Å². The Morgan fingerprint density at radius 3 is 2.58 bits per heavy atom. The van der Waals surface area contributed by atoms with Crippen molar-refractivity contribution in [3.63, 3.8) is 0 Å². The third kappa shape index (κ3) is 5.28. The van der Waals surface area contributed by atoms with Crippen LogP contribution < -0.4 is 10.6 Å². The first-order valence-corrected chi connectivity index (χ1v) is 13.4. The molecule has 5 rings (SSSR count). The molecule has 0 aliphatic heterocycles. The molecule has 0 unspecified atom stereocenters. The quantitative estimate of drug-likeness (QED) is 0.293. The number of nitrogens with zero attached hydrogens (tertiary/aromatic N) is 6. The van der Waals surface area contributed by atoms with Gasteiger partial charge in [-0.05, 0) is 64.8 Å². The first kappa shape index (κ1) is 24.4. The van der Waals surface area contributed by atoms with Crippen molar-refractivity contribution in [1.29, 1.82) is 0 Å². The van der Waals surface area contributed by atoms with Gasteiger partial charge in [-0.1, -0.05) is 25.3 Å². The van der Waals surface area contributed by atoms with Crippen molar-refractivity contribution in [3.05, 3.63) is 42.9 Å². The van der Waals surface area contributed by atoms with E-state index in [1.807, 2.05) is 30.7 Å². The summed E-state index contributed by atoms with van der Waals surface area (Å²) in [6.07, 6.45) is 9.97. The van der Waals surface area contributed by atoms with Gasteiger partial charge >= 0.3 is 0 Å². The van der Waals surface area contributed by atoms with Crippen LogP contribution in [0.3, 0.4) is 0 Å². The highest BCUT2D eigenvalue weighted by atomic mass is 15.2. The number of nitrogens with one attached hydrogen (secondary N) is 2. The van der Waals surface area contributed by atoms with Crippen LogP contribution in [0.2, 0.25) is 0 Å². The molecular weight excluding hydrogens is 448 g/mol. The average molecular weight is 487 g/mol. The summed E-state index contributed by atoms with van der Waals surface area (Å²) >= 11 is 0. The summed E-state index contributed by atoms with van der Waals surface area (Å²) < 4.78 is 2.27. The van der Waals surface area contributed by atoms with Crippen LogP contribution in [0.5, 0.6) is 0 Å². The molecule has 2 N–H and O–H groups in total. The van der Waals surface area contributed by atoms with Gasteiger partial charge in [0.15, 0.2) is 17.0 Å². The van der Waals surface area contributed by atoms with Gasteiger partial charge in [0.2, 0.25) is 5.95 Å². The second-order valence-electron chi connectivity index (χ2n) is 10.4. The van der Waals surface area contributed by atoms with Crippen molar-refractivity contribution in [2.45, 2.75) is 77.9 Å². The van der Waals surface area contributed by atoms with Crippen LogP contribution in [0.25, 0.3) is 22.1 Å². The van der Waals surface area contributed by atoms with E-state index in [4.69, 9.17) is 15.0 Å². The molecule has 0 radical (unpaired) electrons. The summed E-state index contributed by atoms with van der Waals surface area (Å²) in [6.45, 7) is 10.7. The number of hydrogen-bond acceptors (Lipinski definition) is 7. The normalized spacial score (nSPS) is 15.0. The standard InChI is InChI=1S/C28H38N8/c1-19(2)35(20(3)4)16-15-30-26-25-27(36(18-31-25)23-10-6-5-7-11-23)34-28(33-26)32-22-12-13-24-21(17-22)9-8-14-29-24/h8-9,12-14,17-20,23H,5-7,10-11,15-16H2,1-4H3,(H2,30,32,33,34). The summed E-state index contributed by atoms with van der Waals surface area (Å²) in [5, 5.41) is 8.10. The number of rotatable bonds is 9. The Kier molecular flexibility index (Phi) is 7.32. The number of imidazole rings is 1. The van der Waals surface area contributed by atoms with E-state index in [1.165, 1.54) is 32.1 Å². The predicted octanol–water partition coefficient (Wildman–Crippen LogP) is 6.15. The molecule has 4 aromatic rings. The number of hydrogen-bond donors (Lipinski definition) is 2. The first-order valence-electron chi connectivity index (χ1n) is 13.4. The van der Waals surface area contributed by atoms with Gasteiger partial charge in [0.05, 0.1) is 11.8 Å². The fourth-order valence-corrected chi connectivity index (χ4v) is 5.42. The number of pyridine rings is 1. The van der Waals surface area contributed by atoms with Gasteiger partial charge in [0, 0.05) is 48.5 Å². The maximum atomic E-state index is 4.96. The van der Waals surface area contributed by atoms with Crippen molar-refractivity contribution in [1.82, 2.24) is 29.4 Å². The summed E-state index contributed by atoms with van der Waals surface area (Å²) in [5.41, 5.74) is 3.65. The lowest BCUT2D eigenvalue weighted by atomic mass is 9.95. The van der Waals surface area contributed by atoms with Crippen molar-refractivity contribution >= 4 is 39.5 Å². The number of aromatic nitrogens is 5. The maximum absolute atomic E-state index is 4.96. The van der Waals surface area contributed by atoms with Crippen LogP contribution in [0, 0.1) is 0 Å². The maximum Gasteiger partial charge on any atom is 0.231 e. The van der Waals surface area contributed by atoms with Crippen LogP contribution in [-0.2, 0) is 0 Å². The minimum absolute atomic E-state index is 0.448. The molecule has 1 aromatic carbocycles. The minimum Gasteiger partial charge on any atom is -0.367 e. The fourth-order valence-electron chi connectivity index (χ4n) is 5.42. The van der Waals surface area contributed by atoms with E-state index in [2.05, 4.69) is 64.9 Å². The first-order chi connectivity index (χ1) is 17.5. The van der Waals surface area contributed by atoms with Gasteiger partial charge in [-0.2, -0.15) is 9.97 Å². The van der Waals surface area contributed by atoms with Gasteiger partial charge in [0.1, 0.15) is 0 Å². The molecule has 0 amide bonds. The molecule has 8 heteroatoms. The molecular formula is C28H38N8. The van der Waals surface area contributed by atoms with Crippen molar-refractivity contribution < 1.29 is 0 Å². The molecule has 0 saturated heterocycles. The van der Waals surface area contributed by atoms with Crippen LogP contribution in [0.1, 0.15) is 65.8 Å². The summed E-state index contributed by atoms with van der Waals surface area (Å²) in [7, 11) is 0. The van der Waals surface area contributed by atoms with E-state index in [0.717, 1.165) is 46.7 Å². The van der Waals surface area contributed by atoms with Gasteiger partial charge < -0.3 is 15.2 Å². The Balaban J connectivity index is 1.46. The summed E-state index contributed by atoms with van der Waals surface area (Å²) in [5.74, 6) is 1.36. The topological polar surface area (TPSA) is 83.8 Å². The molecule has 190 valence electrons. The van der Waals surface area contributed by atoms with Crippen LogP contribution in [-0.4, -0.2) is 54.6 Å². The molecule has 1 saturated carbocycles. The van der Waals surface area contributed by atoms with E-state index >= 15 is 0 Å². The highest BCUT2D eigenvalue weighted by molar-refractivity contribution is 5.86. The molecule has 1 aliphatic carbocycles. The van der Waals surface area contributed by atoms with Gasteiger partial charge in [-0.25, -0.2) is 4.98 Å². The largest absolute Gasteiger partial charge is 0.367 e. The average Bonchev–Trinajstić information content (AvgIpc) is 3.30. The third-order valence-electron chi connectivity index (χ3n) is 7.24. The highest BCUT2D eigenvalue weighted by Crippen LogP contribution is 2.32. The zero-order valence-electron chi connectivity index (χ0n) is 21.9. The molecule has 8 nitrogen and oxygen atoms in total. The minimum atomic E-state index is 0.448. The lowest BCUT2D eigenvalue weighted by Gasteiger charge is -2.30. The molecule has 3 heterocycles. The lowest BCUT2D eigenvalue weighted by molar-refractivity contribution is 0.182. The smallest absolute Gasteiger partial charge is 0.231 e. The molecule has 1 fully saturated rings. The Morgan fingerprint density at radius 1 is 1.00 bits per heavy atom. The van der Waals surface area contributed by atoms with E-state index in [0.29, 0.717) is 24.1 Å². The van der Waals surface area contributed by atoms with Crippen LogP contribution in [0.15, 0.2) is 42.9 Å². The Hall–Kier alpha value is -3.26. The zero-order chi connectivity index (χ0) is 25.1. The number of fused-ring (bicyclic) bond motifs is 2. The Bertz CT molecular complexity index is 1300. The third-order valence-corrected chi connectivity index (χ3v) is 7.24. The fraction of sp³-hybridized carbons (Fsp3) is 0.500. The molecule has 1 aliphatic rings. The van der Waals surface area contributed by atoms with Crippen LogP contribution in [0.4, 0.5) is 17.5 Å². The van der Waals surface area contributed by atoms with E-state index < -0.39 is 0 Å². The number of benzene rings is 1. The van der Waals surface area contributed by atoms with Gasteiger partial charge in [-0.15, -0.1) is 0 Å². The Morgan fingerprint density at radius 2 is 1.81 bits per heavy atom. The molecule has 36 heavy (non-hydrogen) atoms. The van der Waals surface area contributed by atoms with Crippen molar-refractivity contribution in [3.8, 4) is 0 Å². The summed E-state index contributed by atoms with van der Waals surface area (Å²) in [6, 6.07) is 11.6. The second kappa shape index (κ2) is 10.8. The second-order valence-corrected chi connectivity index (χ2v) is 10.4. The molecule has 0 atom stereocenters. The lowest BCUT2D eigenvalue weighted by Crippen LogP contribution is -2.40. The van der Waals surface area contributed by atoms with Crippen LogP contribution >= 0.6 is 0 Å². The molecule has 0 spiro atoms. The van der Waals surface area contributed by atoms with Gasteiger partial charge in [0.25, 0.3) is 0 Å². The predicted molar refractivity (Wildman–Crippen MR) is 148 cm³/mol. The van der Waals surface area contributed by atoms with E-state index in [1.54, 1.807) is 0 Å².